The maximum absolute atomic E-state index is 11.6. The number of carbonyl (C=O) groups is 2. The fraction of sp³-hybridized carbons (Fsp3) is 0.350. The van der Waals surface area contributed by atoms with Gasteiger partial charge in [-0.1, -0.05) is 12.1 Å². The van der Waals surface area contributed by atoms with E-state index in [9.17, 15) is 9.59 Å². The van der Waals surface area contributed by atoms with Crippen LogP contribution >= 0.6 is 0 Å². The highest BCUT2D eigenvalue weighted by molar-refractivity contribution is 5.89. The lowest BCUT2D eigenvalue weighted by Gasteiger charge is -2.19. The van der Waals surface area contributed by atoms with Crippen LogP contribution in [0.5, 0.6) is 0 Å². The minimum atomic E-state index is -0.504. The molecule has 0 spiro atoms. The molecule has 144 valence electrons. The lowest BCUT2D eigenvalue weighted by molar-refractivity contribution is 0.0528. The van der Waals surface area contributed by atoms with Gasteiger partial charge in [0.2, 0.25) is 0 Å². The summed E-state index contributed by atoms with van der Waals surface area (Å²) < 4.78 is 9.83. The number of ether oxygens (including phenoxy) is 2. The van der Waals surface area contributed by atoms with Crippen LogP contribution in [0.25, 0.3) is 11.3 Å². The number of amides is 1. The van der Waals surface area contributed by atoms with Gasteiger partial charge in [-0.15, -0.1) is 0 Å². The van der Waals surface area contributed by atoms with Gasteiger partial charge in [-0.2, -0.15) is 0 Å². The highest BCUT2D eigenvalue weighted by Crippen LogP contribution is 2.19. The van der Waals surface area contributed by atoms with Crippen LogP contribution in [-0.4, -0.2) is 42.8 Å². The Kier molecular flexibility index (Phi) is 6.76. The Morgan fingerprint density at radius 2 is 1.74 bits per heavy atom. The third-order valence-corrected chi connectivity index (χ3v) is 3.49. The van der Waals surface area contributed by atoms with Gasteiger partial charge in [-0.25, -0.2) is 9.59 Å². The monoisotopic (exact) mass is 371 g/mol. The zero-order valence-electron chi connectivity index (χ0n) is 16.0. The van der Waals surface area contributed by atoms with Crippen molar-refractivity contribution >= 4 is 17.7 Å². The summed E-state index contributed by atoms with van der Waals surface area (Å²) >= 11 is 0. The van der Waals surface area contributed by atoms with E-state index in [2.05, 4.69) is 20.4 Å². The zero-order valence-corrected chi connectivity index (χ0v) is 16.0. The molecule has 0 unspecified atom stereocenters. The fourth-order valence-electron chi connectivity index (χ4n) is 2.25. The molecule has 0 aliphatic carbocycles. The Hall–Kier alpha value is -3.09. The topological polar surface area (TPSA) is 89.6 Å². The van der Waals surface area contributed by atoms with Crippen molar-refractivity contribution < 1.29 is 19.1 Å². The number of aromatic nitrogens is 1. The minimum Gasteiger partial charge on any atom is -0.465 e. The van der Waals surface area contributed by atoms with E-state index < -0.39 is 17.7 Å². The van der Waals surface area contributed by atoms with Gasteiger partial charge < -0.3 is 20.1 Å². The number of alkyl carbamates (subject to hydrolysis) is 1. The molecule has 1 amide bonds. The van der Waals surface area contributed by atoms with Crippen molar-refractivity contribution in [1.29, 1.82) is 0 Å². The first-order valence-electron chi connectivity index (χ1n) is 8.64. The van der Waals surface area contributed by atoms with Crippen molar-refractivity contribution in [2.24, 2.45) is 0 Å². The Bertz CT molecular complexity index is 765. The van der Waals surface area contributed by atoms with Crippen LogP contribution in [0.4, 0.5) is 10.5 Å². The average molecular weight is 371 g/mol. The van der Waals surface area contributed by atoms with Crippen LogP contribution in [0.1, 0.15) is 31.1 Å². The number of nitrogens with one attached hydrogen (secondary N) is 2. The number of hydrogen-bond donors (Lipinski definition) is 2. The quantitative estimate of drug-likeness (QED) is 0.597. The van der Waals surface area contributed by atoms with Gasteiger partial charge in [0, 0.05) is 30.5 Å². The molecule has 0 fully saturated rings. The molecule has 27 heavy (non-hydrogen) atoms. The van der Waals surface area contributed by atoms with Gasteiger partial charge in [0.15, 0.2) is 0 Å². The first kappa shape index (κ1) is 20.2. The van der Waals surface area contributed by atoms with Gasteiger partial charge in [0.05, 0.1) is 18.4 Å². The normalized spacial score (nSPS) is 10.8. The molecule has 2 N–H and O–H groups in total. The van der Waals surface area contributed by atoms with E-state index in [1.54, 1.807) is 12.1 Å². The van der Waals surface area contributed by atoms with Crippen molar-refractivity contribution in [3.63, 3.8) is 0 Å². The lowest BCUT2D eigenvalue weighted by Crippen LogP contribution is -2.34. The predicted octanol–water partition coefficient (Wildman–Crippen LogP) is 3.47. The van der Waals surface area contributed by atoms with Crippen LogP contribution in [0.15, 0.2) is 42.6 Å². The standard InChI is InChI=1S/C20H25N3O4/c1-20(2,3)27-19(25)22-12-11-21-16-8-5-14(6-9-16)17-10-7-15(13-23-17)18(24)26-4/h5-10,13,21H,11-12H2,1-4H3,(H,22,25). The second kappa shape index (κ2) is 9.02. The highest BCUT2D eigenvalue weighted by Gasteiger charge is 2.15. The van der Waals surface area contributed by atoms with Crippen molar-refractivity contribution in [3.8, 4) is 11.3 Å². The number of rotatable bonds is 6. The number of carbonyl (C=O) groups excluding carboxylic acids is 2. The molecule has 7 nitrogen and oxygen atoms in total. The molecule has 0 aliphatic rings. The molecule has 1 aromatic carbocycles. The summed E-state index contributed by atoms with van der Waals surface area (Å²) in [6.07, 6.45) is 1.07. The van der Waals surface area contributed by atoms with Crippen LogP contribution in [-0.2, 0) is 9.47 Å². The van der Waals surface area contributed by atoms with Crippen molar-refractivity contribution in [3.05, 3.63) is 48.2 Å². The molecule has 1 aromatic heterocycles. The van der Waals surface area contributed by atoms with E-state index in [-0.39, 0.29) is 0 Å². The van der Waals surface area contributed by atoms with Crippen LogP contribution in [0, 0.1) is 0 Å². The summed E-state index contributed by atoms with van der Waals surface area (Å²) in [5, 5.41) is 5.92. The first-order valence-corrected chi connectivity index (χ1v) is 8.64. The molecular formula is C20H25N3O4. The third-order valence-electron chi connectivity index (χ3n) is 3.49. The number of esters is 1. The Morgan fingerprint density at radius 1 is 1.04 bits per heavy atom. The number of anilines is 1. The third kappa shape index (κ3) is 6.62. The van der Waals surface area contributed by atoms with Gasteiger partial charge in [0.25, 0.3) is 0 Å². The number of hydrogen-bond acceptors (Lipinski definition) is 6. The summed E-state index contributed by atoms with van der Waals surface area (Å²) in [6.45, 7) is 6.50. The van der Waals surface area contributed by atoms with Crippen LogP contribution in [0.3, 0.4) is 0 Å². The van der Waals surface area contributed by atoms with E-state index in [4.69, 9.17) is 4.74 Å². The van der Waals surface area contributed by atoms with E-state index in [0.29, 0.717) is 18.7 Å². The van der Waals surface area contributed by atoms with Gasteiger partial charge in [-0.05, 0) is 45.0 Å². The molecule has 0 saturated carbocycles. The Balaban J connectivity index is 1.83. The molecule has 0 atom stereocenters. The molecular weight excluding hydrogens is 346 g/mol. The molecule has 0 bridgehead atoms. The molecule has 7 heteroatoms. The average Bonchev–Trinajstić information content (AvgIpc) is 2.64. The van der Waals surface area contributed by atoms with E-state index >= 15 is 0 Å². The van der Waals surface area contributed by atoms with Gasteiger partial charge >= 0.3 is 12.1 Å². The first-order chi connectivity index (χ1) is 12.8. The minimum absolute atomic E-state index is 0.409. The van der Waals surface area contributed by atoms with E-state index in [1.165, 1.54) is 13.3 Å². The SMILES string of the molecule is COC(=O)c1ccc(-c2ccc(NCCNC(=O)OC(C)(C)C)cc2)nc1. The number of nitrogens with zero attached hydrogens (tertiary/aromatic N) is 1. The number of pyridine rings is 1. The second-order valence-corrected chi connectivity index (χ2v) is 6.86. The van der Waals surface area contributed by atoms with Gasteiger partial charge in [0.1, 0.15) is 5.60 Å². The summed E-state index contributed by atoms with van der Waals surface area (Å²) in [7, 11) is 1.34. The number of benzene rings is 1. The van der Waals surface area contributed by atoms with Crippen LogP contribution < -0.4 is 10.6 Å². The van der Waals surface area contributed by atoms with Gasteiger partial charge in [-0.3, -0.25) is 4.98 Å². The maximum Gasteiger partial charge on any atom is 0.407 e. The molecule has 0 aliphatic heterocycles. The summed E-state index contributed by atoms with van der Waals surface area (Å²) in [4.78, 5) is 27.3. The smallest absolute Gasteiger partial charge is 0.407 e. The largest absolute Gasteiger partial charge is 0.465 e. The second-order valence-electron chi connectivity index (χ2n) is 6.86. The molecule has 2 aromatic rings. The van der Waals surface area contributed by atoms with Crippen molar-refractivity contribution in [2.75, 3.05) is 25.5 Å². The summed E-state index contributed by atoms with van der Waals surface area (Å²) in [5.41, 5.74) is 2.54. The fourth-order valence-corrected chi connectivity index (χ4v) is 2.25. The van der Waals surface area contributed by atoms with E-state index in [1.807, 2.05) is 45.0 Å². The predicted molar refractivity (Wildman–Crippen MR) is 104 cm³/mol. The zero-order chi connectivity index (χ0) is 19.9. The lowest BCUT2D eigenvalue weighted by atomic mass is 10.1. The molecule has 0 radical (unpaired) electrons. The Labute approximate surface area is 159 Å². The van der Waals surface area contributed by atoms with E-state index in [0.717, 1.165) is 16.9 Å². The highest BCUT2D eigenvalue weighted by atomic mass is 16.6. The molecule has 1 heterocycles. The summed E-state index contributed by atoms with van der Waals surface area (Å²) in [5.74, 6) is -0.409. The number of methoxy groups -OCH3 is 1. The van der Waals surface area contributed by atoms with Crippen molar-refractivity contribution in [1.82, 2.24) is 10.3 Å². The maximum atomic E-state index is 11.6. The van der Waals surface area contributed by atoms with Crippen LogP contribution in [0.2, 0.25) is 0 Å². The summed E-state index contributed by atoms with van der Waals surface area (Å²) in [6, 6.07) is 11.2. The molecule has 2 rings (SSSR count). The van der Waals surface area contributed by atoms with Crippen molar-refractivity contribution in [2.45, 2.75) is 26.4 Å². The Morgan fingerprint density at radius 3 is 2.30 bits per heavy atom. The molecule has 0 saturated heterocycles.